The zero-order valence-corrected chi connectivity index (χ0v) is 15.8. The summed E-state index contributed by atoms with van der Waals surface area (Å²) in [6.45, 7) is 8.42. The Kier molecular flexibility index (Phi) is 4.96. The molecule has 0 bridgehead atoms. The molecule has 0 saturated carbocycles. The Balaban J connectivity index is 1.52. The van der Waals surface area contributed by atoms with Gasteiger partial charge in [-0.15, -0.1) is 0 Å². The smallest absolute Gasteiger partial charge is 0.241 e. The average Bonchev–Trinajstić information content (AvgIpc) is 3.09. The minimum Gasteiger partial charge on any atom is -0.373 e. The van der Waals surface area contributed by atoms with Crippen molar-refractivity contribution in [1.29, 1.82) is 0 Å². The van der Waals surface area contributed by atoms with Gasteiger partial charge in [0.05, 0.1) is 24.4 Å². The Morgan fingerprint density at radius 2 is 1.85 bits per heavy atom. The first-order chi connectivity index (χ1) is 13.1. The Morgan fingerprint density at radius 1 is 1.07 bits per heavy atom. The first-order valence-electron chi connectivity index (χ1n) is 9.17. The molecule has 2 unspecified atom stereocenters. The second-order valence-corrected chi connectivity index (χ2v) is 7.03. The van der Waals surface area contributed by atoms with Crippen LogP contribution < -0.4 is 0 Å². The highest BCUT2D eigenvalue weighted by atomic mass is 16.5. The van der Waals surface area contributed by atoms with E-state index in [1.54, 1.807) is 6.20 Å². The fourth-order valence-corrected chi connectivity index (χ4v) is 3.48. The number of aryl methyl sites for hydroxylation is 1. The highest BCUT2D eigenvalue weighted by molar-refractivity contribution is 5.67. The van der Waals surface area contributed by atoms with Crippen molar-refractivity contribution in [1.82, 2.24) is 25.0 Å². The summed E-state index contributed by atoms with van der Waals surface area (Å²) in [6.07, 6.45) is 2.19. The molecule has 0 aliphatic carbocycles. The number of ether oxygens (including phenoxy) is 1. The van der Waals surface area contributed by atoms with Gasteiger partial charge in [-0.05, 0) is 32.9 Å². The number of aromatic nitrogens is 4. The van der Waals surface area contributed by atoms with Crippen LogP contribution in [0.4, 0.5) is 0 Å². The fraction of sp³-hybridized carbons (Fsp3) is 0.400. The predicted octanol–water partition coefficient (Wildman–Crippen LogP) is 3.11. The SMILES string of the molecule is Cc1nccc(-c2cccc(-c3noc(CN4CC(C)OC(C)C4)n3)c2)n1. The second-order valence-electron chi connectivity index (χ2n) is 7.03. The van der Waals surface area contributed by atoms with Crippen molar-refractivity contribution < 1.29 is 9.26 Å². The molecule has 1 aliphatic heterocycles. The Bertz CT molecular complexity index is 916. The van der Waals surface area contributed by atoms with Gasteiger partial charge in [0, 0.05) is 30.4 Å². The Morgan fingerprint density at radius 3 is 2.63 bits per heavy atom. The van der Waals surface area contributed by atoms with Crippen LogP contribution in [0.5, 0.6) is 0 Å². The number of hydrogen-bond acceptors (Lipinski definition) is 7. The molecular formula is C20H23N5O2. The molecule has 0 radical (unpaired) electrons. The topological polar surface area (TPSA) is 77.2 Å². The average molecular weight is 365 g/mol. The summed E-state index contributed by atoms with van der Waals surface area (Å²) >= 11 is 0. The Hall–Kier alpha value is -2.64. The minimum absolute atomic E-state index is 0.212. The molecule has 0 amide bonds. The fourth-order valence-electron chi connectivity index (χ4n) is 3.48. The Labute approximate surface area is 158 Å². The van der Waals surface area contributed by atoms with Gasteiger partial charge in [-0.1, -0.05) is 23.4 Å². The van der Waals surface area contributed by atoms with Crippen LogP contribution in [-0.4, -0.2) is 50.3 Å². The first-order valence-corrected chi connectivity index (χ1v) is 9.17. The number of hydrogen-bond donors (Lipinski definition) is 0. The molecule has 1 aliphatic rings. The summed E-state index contributed by atoms with van der Waals surface area (Å²) in [6, 6.07) is 9.89. The van der Waals surface area contributed by atoms with Crippen LogP contribution in [0.3, 0.4) is 0 Å². The van der Waals surface area contributed by atoms with Gasteiger partial charge in [0.25, 0.3) is 0 Å². The van der Waals surface area contributed by atoms with Gasteiger partial charge in [0.2, 0.25) is 11.7 Å². The van der Waals surface area contributed by atoms with E-state index in [0.717, 1.165) is 35.7 Å². The van der Waals surface area contributed by atoms with E-state index >= 15 is 0 Å². The van der Waals surface area contributed by atoms with Gasteiger partial charge >= 0.3 is 0 Å². The van der Waals surface area contributed by atoms with E-state index in [1.807, 2.05) is 37.3 Å². The highest BCUT2D eigenvalue weighted by Gasteiger charge is 2.24. The molecule has 3 aromatic rings. The van der Waals surface area contributed by atoms with Crippen LogP contribution in [0.1, 0.15) is 25.6 Å². The van der Waals surface area contributed by atoms with E-state index in [2.05, 4.69) is 38.9 Å². The van der Waals surface area contributed by atoms with Gasteiger partial charge in [0.15, 0.2) is 0 Å². The third-order valence-electron chi connectivity index (χ3n) is 4.51. The van der Waals surface area contributed by atoms with Gasteiger partial charge < -0.3 is 9.26 Å². The van der Waals surface area contributed by atoms with Crippen molar-refractivity contribution in [3.8, 4) is 22.6 Å². The zero-order valence-electron chi connectivity index (χ0n) is 15.8. The first kappa shape index (κ1) is 17.8. The number of benzene rings is 1. The highest BCUT2D eigenvalue weighted by Crippen LogP contribution is 2.24. The van der Waals surface area contributed by atoms with Gasteiger partial charge in [-0.2, -0.15) is 4.98 Å². The van der Waals surface area contributed by atoms with E-state index in [9.17, 15) is 0 Å². The summed E-state index contributed by atoms with van der Waals surface area (Å²) in [5.41, 5.74) is 2.78. The molecule has 4 rings (SSSR count). The van der Waals surface area contributed by atoms with Crippen molar-refractivity contribution in [2.75, 3.05) is 13.1 Å². The lowest BCUT2D eigenvalue weighted by Gasteiger charge is -2.34. The van der Waals surface area contributed by atoms with Crippen LogP contribution in [0.15, 0.2) is 41.1 Å². The lowest BCUT2D eigenvalue weighted by atomic mass is 10.1. The maximum absolute atomic E-state index is 5.77. The molecule has 140 valence electrons. The standard InChI is InChI=1S/C20H23N5O2/c1-13-10-25(11-14(2)26-13)12-19-23-20(24-27-19)17-6-4-5-16(9-17)18-7-8-21-15(3)22-18/h4-9,13-14H,10-12H2,1-3H3. The monoisotopic (exact) mass is 365 g/mol. The van der Waals surface area contributed by atoms with Gasteiger partial charge in [-0.3, -0.25) is 4.90 Å². The molecule has 0 N–H and O–H groups in total. The van der Waals surface area contributed by atoms with E-state index in [0.29, 0.717) is 18.3 Å². The van der Waals surface area contributed by atoms with Crippen molar-refractivity contribution in [2.24, 2.45) is 0 Å². The van der Waals surface area contributed by atoms with Crippen LogP contribution in [0.2, 0.25) is 0 Å². The lowest BCUT2D eigenvalue weighted by molar-refractivity contribution is -0.0725. The van der Waals surface area contributed by atoms with E-state index in [-0.39, 0.29) is 12.2 Å². The molecule has 2 aromatic heterocycles. The van der Waals surface area contributed by atoms with E-state index in [4.69, 9.17) is 9.26 Å². The molecule has 1 fully saturated rings. The minimum atomic E-state index is 0.212. The molecule has 7 heteroatoms. The van der Waals surface area contributed by atoms with E-state index in [1.165, 1.54) is 0 Å². The van der Waals surface area contributed by atoms with Crippen molar-refractivity contribution >= 4 is 0 Å². The molecule has 1 aromatic carbocycles. The number of morpholine rings is 1. The quantitative estimate of drug-likeness (QED) is 0.703. The lowest BCUT2D eigenvalue weighted by Crippen LogP contribution is -2.44. The summed E-state index contributed by atoms with van der Waals surface area (Å²) in [4.78, 5) is 15.5. The zero-order chi connectivity index (χ0) is 18.8. The summed E-state index contributed by atoms with van der Waals surface area (Å²) in [7, 11) is 0. The molecule has 3 heterocycles. The van der Waals surface area contributed by atoms with Crippen LogP contribution in [0, 0.1) is 6.92 Å². The van der Waals surface area contributed by atoms with Gasteiger partial charge in [-0.25, -0.2) is 9.97 Å². The van der Waals surface area contributed by atoms with Gasteiger partial charge in [0.1, 0.15) is 5.82 Å². The van der Waals surface area contributed by atoms with Crippen molar-refractivity contribution in [2.45, 2.75) is 39.5 Å². The predicted molar refractivity (Wildman–Crippen MR) is 101 cm³/mol. The summed E-state index contributed by atoms with van der Waals surface area (Å²) in [5.74, 6) is 1.95. The van der Waals surface area contributed by atoms with E-state index < -0.39 is 0 Å². The normalized spacial score (nSPS) is 20.7. The molecule has 0 spiro atoms. The maximum atomic E-state index is 5.77. The summed E-state index contributed by atoms with van der Waals surface area (Å²) < 4.78 is 11.3. The summed E-state index contributed by atoms with van der Waals surface area (Å²) in [5, 5.41) is 4.17. The molecular weight excluding hydrogens is 342 g/mol. The molecule has 2 atom stereocenters. The second kappa shape index (κ2) is 7.54. The third kappa shape index (κ3) is 4.20. The third-order valence-corrected chi connectivity index (χ3v) is 4.51. The van der Waals surface area contributed by atoms with Crippen molar-refractivity contribution in [3.63, 3.8) is 0 Å². The number of rotatable bonds is 4. The maximum Gasteiger partial charge on any atom is 0.241 e. The van der Waals surface area contributed by atoms with Crippen LogP contribution in [-0.2, 0) is 11.3 Å². The molecule has 27 heavy (non-hydrogen) atoms. The van der Waals surface area contributed by atoms with Crippen LogP contribution in [0.25, 0.3) is 22.6 Å². The van der Waals surface area contributed by atoms with Crippen molar-refractivity contribution in [3.05, 3.63) is 48.2 Å². The molecule has 7 nitrogen and oxygen atoms in total. The number of nitrogens with zero attached hydrogens (tertiary/aromatic N) is 5. The largest absolute Gasteiger partial charge is 0.373 e. The van der Waals surface area contributed by atoms with Crippen LogP contribution >= 0.6 is 0 Å². The molecule has 1 saturated heterocycles.